The van der Waals surface area contributed by atoms with Gasteiger partial charge in [-0.15, -0.1) is 0 Å². The predicted octanol–water partition coefficient (Wildman–Crippen LogP) is 3.67. The first kappa shape index (κ1) is 17.2. The minimum Gasteiger partial charge on any atom is -0.334 e. The van der Waals surface area contributed by atoms with Crippen molar-refractivity contribution in [3.8, 4) is 0 Å². The van der Waals surface area contributed by atoms with Crippen LogP contribution < -0.4 is 0 Å². The van der Waals surface area contributed by atoms with Crippen molar-refractivity contribution in [2.24, 2.45) is 0 Å². The van der Waals surface area contributed by atoms with Crippen molar-refractivity contribution in [2.45, 2.75) is 11.3 Å². The molecule has 2 aromatic carbocycles. The van der Waals surface area contributed by atoms with Gasteiger partial charge in [-0.2, -0.15) is 0 Å². The highest BCUT2D eigenvalue weighted by Gasteiger charge is 2.32. The average Bonchev–Trinajstić information content (AvgIpc) is 3.13. The molecule has 2 aromatic rings. The van der Waals surface area contributed by atoms with Gasteiger partial charge < -0.3 is 4.90 Å². The van der Waals surface area contributed by atoms with Gasteiger partial charge in [0.2, 0.25) is 5.91 Å². The highest BCUT2D eigenvalue weighted by Crippen LogP contribution is 2.33. The van der Waals surface area contributed by atoms with Gasteiger partial charge in [0.15, 0.2) is 0 Å². The Morgan fingerprint density at radius 3 is 2.15 bits per heavy atom. The van der Waals surface area contributed by atoms with Crippen LogP contribution in [0.3, 0.4) is 0 Å². The molecule has 134 valence electrons. The summed E-state index contributed by atoms with van der Waals surface area (Å²) in [7, 11) is 0. The van der Waals surface area contributed by atoms with Crippen LogP contribution in [0.2, 0.25) is 0 Å². The molecule has 0 atom stereocenters. The standard InChI is InChI=1S/C20H18F2N2OS/c21-17-7-18(22)9-19(8-17)26-24-12-15-10-23(11-16(15)13-24)20(25)6-14-4-2-1-3-5-14/h1-5,7-9H,6,10-13H2. The lowest BCUT2D eigenvalue weighted by Crippen LogP contribution is -2.33. The SMILES string of the molecule is O=C(Cc1ccccc1)N1CC2=C(CN(Sc3cc(F)cc(F)c3)C2)C1. The van der Waals surface area contributed by atoms with Crippen LogP contribution in [0.25, 0.3) is 0 Å². The number of amides is 1. The Labute approximate surface area is 155 Å². The summed E-state index contributed by atoms with van der Waals surface area (Å²) in [6.07, 6.45) is 0.419. The van der Waals surface area contributed by atoms with Crippen LogP contribution in [0.5, 0.6) is 0 Å². The van der Waals surface area contributed by atoms with Crippen LogP contribution in [0, 0.1) is 11.6 Å². The monoisotopic (exact) mass is 372 g/mol. The number of benzene rings is 2. The quantitative estimate of drug-likeness (QED) is 0.604. The fraction of sp³-hybridized carbons (Fsp3) is 0.250. The number of rotatable bonds is 4. The molecular weight excluding hydrogens is 354 g/mol. The van der Waals surface area contributed by atoms with E-state index in [9.17, 15) is 13.6 Å². The summed E-state index contributed by atoms with van der Waals surface area (Å²) in [6.45, 7) is 2.73. The van der Waals surface area contributed by atoms with Gasteiger partial charge in [-0.25, -0.2) is 13.1 Å². The topological polar surface area (TPSA) is 23.6 Å². The third-order valence-corrected chi connectivity index (χ3v) is 5.58. The van der Waals surface area contributed by atoms with E-state index in [1.165, 1.54) is 35.2 Å². The highest BCUT2D eigenvalue weighted by atomic mass is 32.2. The Balaban J connectivity index is 1.32. The lowest BCUT2D eigenvalue weighted by molar-refractivity contribution is -0.129. The van der Waals surface area contributed by atoms with Crippen LogP contribution >= 0.6 is 11.9 Å². The minimum absolute atomic E-state index is 0.136. The number of hydrogen-bond acceptors (Lipinski definition) is 3. The van der Waals surface area contributed by atoms with Gasteiger partial charge in [-0.3, -0.25) is 4.79 Å². The molecule has 0 fully saturated rings. The lowest BCUT2D eigenvalue weighted by atomic mass is 10.1. The summed E-state index contributed by atoms with van der Waals surface area (Å²) in [5.41, 5.74) is 3.52. The second kappa shape index (κ2) is 7.21. The first-order chi connectivity index (χ1) is 12.6. The number of carbonyl (C=O) groups is 1. The Hall–Kier alpha value is -2.18. The first-order valence-electron chi connectivity index (χ1n) is 8.47. The van der Waals surface area contributed by atoms with Crippen LogP contribution in [0.1, 0.15) is 5.56 Å². The number of carbonyl (C=O) groups excluding carboxylic acids is 1. The van der Waals surface area contributed by atoms with Gasteiger partial charge in [0.05, 0.1) is 6.42 Å². The predicted molar refractivity (Wildman–Crippen MR) is 97.5 cm³/mol. The van der Waals surface area contributed by atoms with Gasteiger partial charge in [0.25, 0.3) is 0 Å². The normalized spacial score (nSPS) is 17.1. The Kier molecular flexibility index (Phi) is 4.78. The molecule has 0 aliphatic carbocycles. The molecule has 0 aromatic heterocycles. The molecule has 0 spiro atoms. The zero-order valence-electron chi connectivity index (χ0n) is 14.1. The van der Waals surface area contributed by atoms with E-state index in [-0.39, 0.29) is 5.91 Å². The van der Waals surface area contributed by atoms with Crippen LogP contribution in [-0.4, -0.2) is 41.3 Å². The summed E-state index contributed by atoms with van der Waals surface area (Å²) in [6, 6.07) is 13.3. The average molecular weight is 372 g/mol. The minimum atomic E-state index is -0.565. The van der Waals surface area contributed by atoms with E-state index in [4.69, 9.17) is 0 Å². The van der Waals surface area contributed by atoms with Gasteiger partial charge in [-0.05, 0) is 40.8 Å². The molecule has 0 N–H and O–H groups in total. The molecule has 6 heteroatoms. The summed E-state index contributed by atoms with van der Waals surface area (Å²) < 4.78 is 28.7. The van der Waals surface area contributed by atoms with Crippen molar-refractivity contribution in [1.82, 2.24) is 9.21 Å². The molecule has 4 rings (SSSR count). The van der Waals surface area contributed by atoms with E-state index in [1.54, 1.807) is 0 Å². The molecule has 0 unspecified atom stereocenters. The van der Waals surface area contributed by atoms with Crippen molar-refractivity contribution in [3.63, 3.8) is 0 Å². The fourth-order valence-electron chi connectivity index (χ4n) is 3.40. The molecule has 26 heavy (non-hydrogen) atoms. The summed E-state index contributed by atoms with van der Waals surface area (Å²) >= 11 is 1.36. The second-order valence-electron chi connectivity index (χ2n) is 6.61. The van der Waals surface area contributed by atoms with Crippen molar-refractivity contribution >= 4 is 17.9 Å². The summed E-state index contributed by atoms with van der Waals surface area (Å²) in [5.74, 6) is -0.994. The summed E-state index contributed by atoms with van der Waals surface area (Å²) in [4.78, 5) is 14.9. The van der Waals surface area contributed by atoms with Crippen LogP contribution in [0.15, 0.2) is 64.6 Å². The summed E-state index contributed by atoms with van der Waals surface area (Å²) in [5, 5.41) is 0. The maximum atomic E-state index is 13.3. The number of hydrogen-bond donors (Lipinski definition) is 0. The Morgan fingerprint density at radius 1 is 0.923 bits per heavy atom. The molecule has 1 amide bonds. The van der Waals surface area contributed by atoms with E-state index in [1.807, 2.05) is 35.2 Å². The Morgan fingerprint density at radius 2 is 1.54 bits per heavy atom. The van der Waals surface area contributed by atoms with E-state index in [0.29, 0.717) is 37.5 Å². The molecule has 0 saturated carbocycles. The third kappa shape index (κ3) is 3.81. The molecule has 2 aliphatic rings. The second-order valence-corrected chi connectivity index (χ2v) is 7.78. The highest BCUT2D eigenvalue weighted by molar-refractivity contribution is 7.97. The van der Waals surface area contributed by atoms with Crippen molar-refractivity contribution < 1.29 is 13.6 Å². The maximum absolute atomic E-state index is 13.3. The van der Waals surface area contributed by atoms with Gasteiger partial charge in [0.1, 0.15) is 11.6 Å². The molecule has 2 heterocycles. The first-order valence-corrected chi connectivity index (χ1v) is 9.24. The Bertz CT molecular complexity index is 831. The maximum Gasteiger partial charge on any atom is 0.227 e. The largest absolute Gasteiger partial charge is 0.334 e. The molecule has 2 aliphatic heterocycles. The third-order valence-electron chi connectivity index (χ3n) is 4.62. The molecule has 3 nitrogen and oxygen atoms in total. The molecule has 0 saturated heterocycles. The van der Waals surface area contributed by atoms with Crippen molar-refractivity contribution in [1.29, 1.82) is 0 Å². The van der Waals surface area contributed by atoms with Crippen LogP contribution in [0.4, 0.5) is 8.78 Å². The fourth-order valence-corrected chi connectivity index (χ4v) is 4.47. The van der Waals surface area contributed by atoms with E-state index in [0.717, 1.165) is 11.6 Å². The smallest absolute Gasteiger partial charge is 0.227 e. The zero-order valence-corrected chi connectivity index (χ0v) is 14.9. The van der Waals surface area contributed by atoms with Crippen molar-refractivity contribution in [2.75, 3.05) is 26.2 Å². The molecule has 0 radical (unpaired) electrons. The van der Waals surface area contributed by atoms with Gasteiger partial charge in [-0.1, -0.05) is 30.3 Å². The van der Waals surface area contributed by atoms with E-state index in [2.05, 4.69) is 4.31 Å². The van der Waals surface area contributed by atoms with E-state index < -0.39 is 11.6 Å². The van der Waals surface area contributed by atoms with Crippen molar-refractivity contribution in [3.05, 3.63) is 76.9 Å². The molecule has 0 bridgehead atoms. The molecular formula is C20H18F2N2OS. The van der Waals surface area contributed by atoms with Crippen LogP contribution in [-0.2, 0) is 11.2 Å². The van der Waals surface area contributed by atoms with Gasteiger partial charge in [0, 0.05) is 37.1 Å². The van der Waals surface area contributed by atoms with E-state index >= 15 is 0 Å². The number of nitrogens with zero attached hydrogens (tertiary/aromatic N) is 2. The zero-order chi connectivity index (χ0) is 18.1. The lowest BCUT2D eigenvalue weighted by Gasteiger charge is -2.22. The van der Waals surface area contributed by atoms with Gasteiger partial charge >= 0.3 is 0 Å². The number of halogens is 2.